The Morgan fingerprint density at radius 1 is 1.21 bits per heavy atom. The van der Waals surface area contributed by atoms with Gasteiger partial charge in [-0.2, -0.15) is 0 Å². The van der Waals surface area contributed by atoms with Crippen molar-refractivity contribution >= 4 is 29.2 Å². The van der Waals surface area contributed by atoms with Crippen molar-refractivity contribution in [3.63, 3.8) is 0 Å². The van der Waals surface area contributed by atoms with E-state index in [4.69, 9.17) is 36.9 Å². The predicted octanol–water partition coefficient (Wildman–Crippen LogP) is 4.13. The topological polar surface area (TPSA) is 82.5 Å². The van der Waals surface area contributed by atoms with Crippen molar-refractivity contribution < 1.29 is 18.5 Å². The van der Waals surface area contributed by atoms with E-state index in [1.54, 1.807) is 25.1 Å². The maximum Gasteiger partial charge on any atom is 0.349 e. The zero-order valence-electron chi connectivity index (χ0n) is 12.2. The molecule has 24 heavy (non-hydrogen) atoms. The third kappa shape index (κ3) is 3.20. The Morgan fingerprint density at radius 3 is 2.58 bits per heavy atom. The minimum atomic E-state index is -0.771. The van der Waals surface area contributed by atoms with Crippen LogP contribution in [0.3, 0.4) is 0 Å². The van der Waals surface area contributed by atoms with Crippen molar-refractivity contribution in [2.75, 3.05) is 0 Å². The number of carbonyl (C=O) groups is 1. The van der Waals surface area contributed by atoms with Crippen LogP contribution in [0.25, 0.3) is 11.3 Å². The Kier molecular flexibility index (Phi) is 4.42. The van der Waals surface area contributed by atoms with E-state index in [9.17, 15) is 9.59 Å². The van der Waals surface area contributed by atoms with Gasteiger partial charge in [0.05, 0.1) is 16.1 Å². The van der Waals surface area contributed by atoms with E-state index in [1.165, 1.54) is 6.07 Å². The molecule has 0 spiro atoms. The molecule has 0 amide bonds. The lowest BCUT2D eigenvalue weighted by Gasteiger charge is -2.06. The van der Waals surface area contributed by atoms with Gasteiger partial charge in [0.1, 0.15) is 29.0 Å². The van der Waals surface area contributed by atoms with Gasteiger partial charge in [-0.05, 0) is 19.1 Å². The van der Waals surface area contributed by atoms with Crippen LogP contribution in [0, 0.1) is 6.92 Å². The van der Waals surface area contributed by atoms with Gasteiger partial charge in [-0.1, -0.05) is 34.4 Å². The molecule has 3 rings (SSSR count). The molecule has 6 nitrogen and oxygen atoms in total. The fourth-order valence-corrected chi connectivity index (χ4v) is 2.66. The maximum absolute atomic E-state index is 12.4. The van der Waals surface area contributed by atoms with Gasteiger partial charge in [-0.3, -0.25) is 0 Å². The van der Waals surface area contributed by atoms with Gasteiger partial charge in [0.2, 0.25) is 0 Å². The van der Waals surface area contributed by atoms with Crippen LogP contribution < -0.4 is 10.4 Å². The van der Waals surface area contributed by atoms with Gasteiger partial charge in [0.25, 0.3) is 0 Å². The number of hydrogen-bond donors (Lipinski definition) is 0. The van der Waals surface area contributed by atoms with Crippen molar-refractivity contribution in [2.24, 2.45) is 0 Å². The van der Waals surface area contributed by atoms with Crippen molar-refractivity contribution in [1.82, 2.24) is 5.16 Å². The lowest BCUT2D eigenvalue weighted by atomic mass is 10.1. The van der Waals surface area contributed by atoms with E-state index in [2.05, 4.69) is 5.16 Å². The molecule has 2 aromatic heterocycles. The van der Waals surface area contributed by atoms with Crippen LogP contribution >= 0.6 is 23.2 Å². The van der Waals surface area contributed by atoms with Crippen molar-refractivity contribution in [1.29, 1.82) is 0 Å². The second-order valence-electron chi connectivity index (χ2n) is 4.79. The Bertz CT molecular complexity index is 956. The molecule has 2 heterocycles. The first-order chi connectivity index (χ1) is 11.5. The number of rotatable bonds is 3. The fraction of sp³-hybridized carbons (Fsp3) is 0.0625. The van der Waals surface area contributed by atoms with Crippen molar-refractivity contribution in [2.45, 2.75) is 6.92 Å². The van der Waals surface area contributed by atoms with Gasteiger partial charge in [-0.15, -0.1) is 0 Å². The predicted molar refractivity (Wildman–Crippen MR) is 86.6 cm³/mol. The largest absolute Gasteiger partial charge is 0.428 e. The van der Waals surface area contributed by atoms with Gasteiger partial charge >= 0.3 is 11.6 Å². The molecular weight excluding hydrogens is 357 g/mol. The molecular formula is C16H9Cl2NO5. The summed E-state index contributed by atoms with van der Waals surface area (Å²) < 4.78 is 14.8. The quantitative estimate of drug-likeness (QED) is 0.649. The molecule has 0 fully saturated rings. The molecule has 0 bridgehead atoms. The summed E-state index contributed by atoms with van der Waals surface area (Å²) in [5, 5.41) is 4.40. The minimum Gasteiger partial charge on any atom is -0.428 e. The number of aryl methyl sites for hydroxylation is 1. The van der Waals surface area contributed by atoms with E-state index in [1.807, 2.05) is 0 Å². The Labute approximate surface area is 145 Å². The SMILES string of the molecule is Cc1cc(OC(=O)c2conc2-c2c(Cl)cccc2Cl)cc(=O)o1. The molecule has 122 valence electrons. The summed E-state index contributed by atoms with van der Waals surface area (Å²) in [6.07, 6.45) is 1.12. The molecule has 0 unspecified atom stereocenters. The second-order valence-corrected chi connectivity index (χ2v) is 5.60. The molecule has 0 N–H and O–H groups in total. The smallest absolute Gasteiger partial charge is 0.349 e. The summed E-state index contributed by atoms with van der Waals surface area (Å²) in [6, 6.07) is 7.35. The van der Waals surface area contributed by atoms with E-state index in [0.29, 0.717) is 21.4 Å². The lowest BCUT2D eigenvalue weighted by molar-refractivity contribution is 0.0733. The average Bonchev–Trinajstić information content (AvgIpc) is 2.95. The number of hydrogen-bond acceptors (Lipinski definition) is 6. The van der Waals surface area contributed by atoms with E-state index in [-0.39, 0.29) is 17.0 Å². The van der Waals surface area contributed by atoms with Crippen LogP contribution in [0.2, 0.25) is 10.0 Å². The Hall–Kier alpha value is -2.57. The second kappa shape index (κ2) is 6.51. The fourth-order valence-electron chi connectivity index (χ4n) is 2.08. The molecule has 0 aliphatic rings. The zero-order valence-corrected chi connectivity index (χ0v) is 13.7. The molecule has 0 aliphatic heterocycles. The molecule has 0 aliphatic carbocycles. The van der Waals surface area contributed by atoms with Crippen LogP contribution in [0.5, 0.6) is 5.75 Å². The van der Waals surface area contributed by atoms with Gasteiger partial charge in [0, 0.05) is 11.6 Å². The molecule has 3 aromatic rings. The molecule has 1 aromatic carbocycles. The highest BCUT2D eigenvalue weighted by Gasteiger charge is 2.23. The van der Waals surface area contributed by atoms with Crippen LogP contribution in [0.1, 0.15) is 16.1 Å². The summed E-state index contributed by atoms with van der Waals surface area (Å²) in [6.45, 7) is 1.56. The number of aromatic nitrogens is 1. The maximum atomic E-state index is 12.4. The number of carbonyl (C=O) groups excluding carboxylic acids is 1. The highest BCUT2D eigenvalue weighted by atomic mass is 35.5. The van der Waals surface area contributed by atoms with E-state index < -0.39 is 11.6 Å². The lowest BCUT2D eigenvalue weighted by Crippen LogP contribution is -2.11. The van der Waals surface area contributed by atoms with Gasteiger partial charge in [-0.25, -0.2) is 9.59 Å². The van der Waals surface area contributed by atoms with E-state index in [0.717, 1.165) is 12.3 Å². The average molecular weight is 366 g/mol. The van der Waals surface area contributed by atoms with Crippen LogP contribution in [0.4, 0.5) is 0 Å². The Morgan fingerprint density at radius 2 is 1.92 bits per heavy atom. The summed E-state index contributed by atoms with van der Waals surface area (Å²) in [7, 11) is 0. The highest BCUT2D eigenvalue weighted by Crippen LogP contribution is 2.35. The first-order valence-electron chi connectivity index (χ1n) is 6.68. The molecule has 0 saturated heterocycles. The number of ether oxygens (including phenoxy) is 1. The highest BCUT2D eigenvalue weighted by molar-refractivity contribution is 6.39. The first-order valence-corrected chi connectivity index (χ1v) is 7.44. The summed E-state index contributed by atoms with van der Waals surface area (Å²) in [5.41, 5.74) is -0.103. The van der Waals surface area contributed by atoms with Gasteiger partial charge in [0.15, 0.2) is 0 Å². The summed E-state index contributed by atoms with van der Waals surface area (Å²) >= 11 is 12.3. The number of nitrogens with zero attached hydrogens (tertiary/aromatic N) is 1. The minimum absolute atomic E-state index is 0.0240. The molecule has 0 radical (unpaired) electrons. The zero-order chi connectivity index (χ0) is 17.3. The van der Waals surface area contributed by atoms with Crippen molar-refractivity contribution in [3.05, 3.63) is 68.4 Å². The number of benzene rings is 1. The van der Waals surface area contributed by atoms with Crippen LogP contribution in [0.15, 0.2) is 50.3 Å². The van der Waals surface area contributed by atoms with Crippen molar-refractivity contribution in [3.8, 4) is 17.0 Å². The monoisotopic (exact) mass is 365 g/mol. The third-order valence-electron chi connectivity index (χ3n) is 3.07. The number of esters is 1. The summed E-state index contributed by atoms with van der Waals surface area (Å²) in [4.78, 5) is 23.7. The molecule has 0 atom stereocenters. The van der Waals surface area contributed by atoms with Crippen LogP contribution in [-0.2, 0) is 0 Å². The van der Waals surface area contributed by atoms with E-state index >= 15 is 0 Å². The molecule has 8 heteroatoms. The normalized spacial score (nSPS) is 10.6. The summed E-state index contributed by atoms with van der Waals surface area (Å²) in [5.74, 6) is -0.414. The first kappa shape index (κ1) is 16.3. The Balaban J connectivity index is 1.98. The molecule has 0 saturated carbocycles. The van der Waals surface area contributed by atoms with Gasteiger partial charge < -0.3 is 13.7 Å². The number of halogens is 2. The third-order valence-corrected chi connectivity index (χ3v) is 3.70. The standard InChI is InChI=1S/C16H9Cl2NO5/c1-8-5-9(6-13(20)23-8)24-16(21)10-7-22-19-15(10)14-11(17)3-2-4-12(14)18/h2-7H,1H3. The van der Waals surface area contributed by atoms with Crippen LogP contribution in [-0.4, -0.2) is 11.1 Å².